The Hall–Kier alpha value is -0.930. The fourth-order valence-corrected chi connectivity index (χ4v) is 3.10. The van der Waals surface area contributed by atoms with Gasteiger partial charge in [-0.05, 0) is 18.4 Å². The molecule has 1 fully saturated rings. The lowest BCUT2D eigenvalue weighted by Crippen LogP contribution is -2.29. The van der Waals surface area contributed by atoms with Gasteiger partial charge in [0, 0.05) is 19.3 Å². The molecule has 2 heterocycles. The quantitative estimate of drug-likeness (QED) is 0.535. The number of nitrogen functional groups attached to an aromatic ring is 1. The zero-order chi connectivity index (χ0) is 13.9. The molecule has 1 aromatic heterocycles. The Balaban J connectivity index is 2.08. The highest BCUT2D eigenvalue weighted by atomic mass is 35.5. The average molecular weight is 307 g/mol. The van der Waals surface area contributed by atoms with Crippen molar-refractivity contribution in [3.8, 4) is 0 Å². The molecular formula is C10H15ClN4O3S. The van der Waals surface area contributed by atoms with Crippen molar-refractivity contribution in [3.63, 3.8) is 0 Å². The third-order valence-corrected chi connectivity index (χ3v) is 4.53. The maximum atomic E-state index is 12.0. The van der Waals surface area contributed by atoms with E-state index in [1.165, 1.54) is 12.3 Å². The Morgan fingerprint density at radius 2 is 2.37 bits per heavy atom. The van der Waals surface area contributed by atoms with E-state index in [4.69, 9.17) is 22.2 Å². The highest BCUT2D eigenvalue weighted by Gasteiger charge is 2.21. The summed E-state index contributed by atoms with van der Waals surface area (Å²) in [4.78, 5) is 3.84. The zero-order valence-electron chi connectivity index (χ0n) is 10.1. The smallest absolute Gasteiger partial charge is 0.242 e. The van der Waals surface area contributed by atoms with Crippen molar-refractivity contribution in [2.75, 3.05) is 25.2 Å². The minimum atomic E-state index is -3.62. The van der Waals surface area contributed by atoms with Crippen LogP contribution in [0.2, 0.25) is 5.02 Å². The van der Waals surface area contributed by atoms with Crippen LogP contribution in [0, 0.1) is 5.92 Å². The van der Waals surface area contributed by atoms with E-state index in [2.05, 4.69) is 15.1 Å². The highest BCUT2D eigenvalue weighted by Crippen LogP contribution is 2.21. The van der Waals surface area contributed by atoms with Gasteiger partial charge in [0.25, 0.3) is 0 Å². The number of hydrazine groups is 1. The van der Waals surface area contributed by atoms with Gasteiger partial charge in [-0.1, -0.05) is 11.6 Å². The number of nitrogens with one attached hydrogen (secondary N) is 2. The number of sulfonamides is 1. The number of hydrogen-bond acceptors (Lipinski definition) is 6. The molecule has 0 amide bonds. The molecule has 1 aliphatic heterocycles. The van der Waals surface area contributed by atoms with Gasteiger partial charge in [-0.15, -0.1) is 0 Å². The summed E-state index contributed by atoms with van der Waals surface area (Å²) in [5.41, 5.74) is 2.28. The summed E-state index contributed by atoms with van der Waals surface area (Å²) in [6, 6.07) is 1.30. The summed E-state index contributed by atoms with van der Waals surface area (Å²) in [5.74, 6) is 5.61. The normalized spacial score (nSPS) is 19.6. The van der Waals surface area contributed by atoms with Crippen molar-refractivity contribution >= 4 is 27.4 Å². The van der Waals surface area contributed by atoms with Crippen LogP contribution in [-0.2, 0) is 14.8 Å². The lowest BCUT2D eigenvalue weighted by molar-refractivity contribution is 0.186. The molecule has 2 rings (SSSR count). The number of aromatic nitrogens is 1. The van der Waals surface area contributed by atoms with Crippen LogP contribution in [0.25, 0.3) is 0 Å². The van der Waals surface area contributed by atoms with Gasteiger partial charge in [-0.3, -0.25) is 0 Å². The summed E-state index contributed by atoms with van der Waals surface area (Å²) in [6.07, 6.45) is 2.06. The molecule has 0 spiro atoms. The number of nitrogens with two attached hydrogens (primary N) is 1. The number of hydrogen-bond donors (Lipinski definition) is 3. The minimum absolute atomic E-state index is 0.00964. The van der Waals surface area contributed by atoms with Gasteiger partial charge in [0.15, 0.2) is 5.82 Å². The number of pyridine rings is 1. The summed E-state index contributed by atoms with van der Waals surface area (Å²) in [5, 5.41) is 0.148. The van der Waals surface area contributed by atoms with Gasteiger partial charge in [0.1, 0.15) is 4.90 Å². The Labute approximate surface area is 116 Å². The van der Waals surface area contributed by atoms with Gasteiger partial charge in [0.2, 0.25) is 10.0 Å². The first kappa shape index (κ1) is 14.5. The molecule has 106 valence electrons. The molecule has 1 saturated heterocycles. The second kappa shape index (κ2) is 6.02. The number of anilines is 1. The number of nitrogens with zero attached hydrogens (tertiary/aromatic N) is 1. The lowest BCUT2D eigenvalue weighted by atomic mass is 10.1. The summed E-state index contributed by atoms with van der Waals surface area (Å²) < 4.78 is 31.8. The van der Waals surface area contributed by atoms with Crippen LogP contribution in [0.1, 0.15) is 6.42 Å². The molecule has 0 radical (unpaired) electrons. The molecule has 9 heteroatoms. The van der Waals surface area contributed by atoms with E-state index in [1.54, 1.807) is 0 Å². The molecule has 0 aromatic carbocycles. The van der Waals surface area contributed by atoms with Gasteiger partial charge >= 0.3 is 0 Å². The molecule has 0 bridgehead atoms. The fraction of sp³-hybridized carbons (Fsp3) is 0.500. The number of halogens is 1. The second-order valence-electron chi connectivity index (χ2n) is 4.23. The van der Waals surface area contributed by atoms with E-state index < -0.39 is 10.0 Å². The van der Waals surface area contributed by atoms with Crippen molar-refractivity contribution < 1.29 is 13.2 Å². The van der Waals surface area contributed by atoms with Gasteiger partial charge in [0.05, 0.1) is 11.6 Å². The fourth-order valence-electron chi connectivity index (χ4n) is 1.73. The first-order valence-electron chi connectivity index (χ1n) is 5.72. The number of ether oxygens (including phenoxy) is 1. The monoisotopic (exact) mass is 306 g/mol. The van der Waals surface area contributed by atoms with Crippen LogP contribution in [0.5, 0.6) is 0 Å². The average Bonchev–Trinajstić information content (AvgIpc) is 2.89. The maximum absolute atomic E-state index is 12.0. The van der Waals surface area contributed by atoms with E-state index >= 15 is 0 Å². The Bertz CT molecular complexity index is 546. The van der Waals surface area contributed by atoms with E-state index in [1.807, 2.05) is 0 Å². The molecule has 0 aliphatic carbocycles. The maximum Gasteiger partial charge on any atom is 0.242 e. The lowest BCUT2D eigenvalue weighted by Gasteiger charge is -2.11. The van der Waals surface area contributed by atoms with Crippen molar-refractivity contribution in [1.29, 1.82) is 0 Å². The van der Waals surface area contributed by atoms with Crippen LogP contribution in [0.3, 0.4) is 0 Å². The second-order valence-corrected chi connectivity index (χ2v) is 6.40. The van der Waals surface area contributed by atoms with Crippen LogP contribution >= 0.6 is 11.6 Å². The number of rotatable bonds is 5. The first-order valence-corrected chi connectivity index (χ1v) is 7.58. The molecule has 1 aromatic rings. The van der Waals surface area contributed by atoms with E-state index in [9.17, 15) is 8.42 Å². The third kappa shape index (κ3) is 3.54. The Morgan fingerprint density at radius 3 is 2.95 bits per heavy atom. The van der Waals surface area contributed by atoms with Crippen molar-refractivity contribution in [2.45, 2.75) is 11.3 Å². The molecule has 0 saturated carbocycles. The van der Waals surface area contributed by atoms with Gasteiger partial charge in [-0.25, -0.2) is 24.0 Å². The Kier molecular flexibility index (Phi) is 4.58. The van der Waals surface area contributed by atoms with E-state index in [-0.39, 0.29) is 21.7 Å². The first-order chi connectivity index (χ1) is 9.03. The Morgan fingerprint density at radius 1 is 1.58 bits per heavy atom. The summed E-state index contributed by atoms with van der Waals surface area (Å²) in [7, 11) is -3.62. The van der Waals surface area contributed by atoms with Crippen molar-refractivity contribution in [1.82, 2.24) is 9.71 Å². The predicted octanol–water partition coefficient (Wildman–Crippen LogP) is 0.335. The molecule has 1 unspecified atom stereocenters. The third-order valence-electron chi connectivity index (χ3n) is 2.85. The molecule has 4 N–H and O–H groups in total. The van der Waals surface area contributed by atoms with Crippen LogP contribution in [0.4, 0.5) is 5.82 Å². The zero-order valence-corrected chi connectivity index (χ0v) is 11.7. The van der Waals surface area contributed by atoms with Gasteiger partial charge in [-0.2, -0.15) is 0 Å². The van der Waals surface area contributed by atoms with Crippen molar-refractivity contribution in [3.05, 3.63) is 17.3 Å². The van der Waals surface area contributed by atoms with Crippen molar-refractivity contribution in [2.24, 2.45) is 11.8 Å². The molecule has 7 nitrogen and oxygen atoms in total. The van der Waals surface area contributed by atoms with E-state index in [0.717, 1.165) is 6.42 Å². The standard InChI is InChI=1S/C10H15ClN4O3S/c11-9-3-8(5-13-10(9)15-12)19(16,17)14-4-7-1-2-18-6-7/h3,5,7,14H,1-2,4,6,12H2,(H,13,15). The topological polar surface area (TPSA) is 106 Å². The SMILES string of the molecule is NNc1ncc(S(=O)(=O)NCC2CCOC2)cc1Cl. The summed E-state index contributed by atoms with van der Waals surface area (Å²) >= 11 is 5.85. The molecule has 1 atom stereocenters. The molecule has 1 aliphatic rings. The molecular weight excluding hydrogens is 292 g/mol. The molecule has 19 heavy (non-hydrogen) atoms. The van der Waals surface area contributed by atoms with E-state index in [0.29, 0.717) is 19.8 Å². The van der Waals surface area contributed by atoms with Crippen LogP contribution in [-0.4, -0.2) is 33.2 Å². The largest absolute Gasteiger partial charge is 0.381 e. The van der Waals surface area contributed by atoms with Gasteiger partial charge < -0.3 is 10.2 Å². The minimum Gasteiger partial charge on any atom is -0.381 e. The highest BCUT2D eigenvalue weighted by molar-refractivity contribution is 7.89. The van der Waals surface area contributed by atoms with Crippen LogP contribution < -0.4 is 16.0 Å². The summed E-state index contributed by atoms with van der Waals surface area (Å²) in [6.45, 7) is 1.60. The predicted molar refractivity (Wildman–Crippen MR) is 71.2 cm³/mol. The van der Waals surface area contributed by atoms with Crippen LogP contribution in [0.15, 0.2) is 17.2 Å².